The van der Waals surface area contributed by atoms with Crippen LogP contribution in [-0.2, 0) is 0 Å². The molecule has 3 N–H and O–H groups in total. The van der Waals surface area contributed by atoms with E-state index in [-0.39, 0.29) is 11.3 Å². The van der Waals surface area contributed by atoms with Crippen molar-refractivity contribution >= 4 is 23.0 Å². The van der Waals surface area contributed by atoms with Crippen LogP contribution in [0.3, 0.4) is 0 Å². The molecule has 3 aromatic carbocycles. The van der Waals surface area contributed by atoms with Crippen LogP contribution in [0.4, 0.5) is 17.1 Å². The van der Waals surface area contributed by atoms with E-state index in [1.54, 1.807) is 6.07 Å². The van der Waals surface area contributed by atoms with Crippen LogP contribution in [0, 0.1) is 10.1 Å². The molecule has 0 atom stereocenters. The first-order valence-corrected chi connectivity index (χ1v) is 7.56. The molecule has 0 radical (unpaired) electrons. The van der Waals surface area contributed by atoms with Crippen molar-refractivity contribution in [2.75, 3.05) is 5.32 Å². The summed E-state index contributed by atoms with van der Waals surface area (Å²) in [5, 5.41) is 14.2. The van der Waals surface area contributed by atoms with Crippen LogP contribution in [0.1, 0.15) is 10.4 Å². The molecule has 1 amide bonds. The van der Waals surface area contributed by atoms with Crippen LogP contribution < -0.4 is 11.1 Å². The van der Waals surface area contributed by atoms with Crippen molar-refractivity contribution in [1.29, 1.82) is 0 Å². The number of nitrogens with zero attached hydrogens (tertiary/aromatic N) is 1. The minimum atomic E-state index is -0.841. The van der Waals surface area contributed by atoms with Crippen molar-refractivity contribution in [3.63, 3.8) is 0 Å². The van der Waals surface area contributed by atoms with Gasteiger partial charge in [-0.3, -0.25) is 14.9 Å². The Kier molecular flexibility index (Phi) is 4.43. The maximum atomic E-state index is 11.5. The minimum Gasteiger partial charge on any atom is -0.365 e. The van der Waals surface area contributed by atoms with E-state index in [1.165, 1.54) is 12.1 Å². The molecule has 0 bridgehead atoms. The molecule has 0 heterocycles. The molecule has 25 heavy (non-hydrogen) atoms. The van der Waals surface area contributed by atoms with Crippen LogP contribution in [0.5, 0.6) is 0 Å². The molecule has 0 aromatic heterocycles. The Bertz CT molecular complexity index is 940. The maximum absolute atomic E-state index is 11.5. The maximum Gasteiger partial charge on any atom is 0.282 e. The highest BCUT2D eigenvalue weighted by Crippen LogP contribution is 2.31. The number of benzene rings is 3. The van der Waals surface area contributed by atoms with Gasteiger partial charge in [-0.25, -0.2) is 0 Å². The normalized spacial score (nSPS) is 10.2. The predicted octanol–water partition coefficient (Wildman–Crippen LogP) is 4.10. The molecule has 0 unspecified atom stereocenters. The second-order valence-corrected chi connectivity index (χ2v) is 5.39. The third-order valence-electron chi connectivity index (χ3n) is 3.75. The molecule has 0 spiro atoms. The number of carbonyl (C=O) groups is 1. The van der Waals surface area contributed by atoms with Crippen LogP contribution in [0.25, 0.3) is 11.1 Å². The van der Waals surface area contributed by atoms with Crippen molar-refractivity contribution in [3.8, 4) is 11.1 Å². The van der Waals surface area contributed by atoms with Crippen molar-refractivity contribution in [2.24, 2.45) is 5.73 Å². The average Bonchev–Trinajstić information content (AvgIpc) is 2.62. The lowest BCUT2D eigenvalue weighted by atomic mass is 10.0. The highest BCUT2D eigenvalue weighted by molar-refractivity contribution is 5.98. The van der Waals surface area contributed by atoms with E-state index in [1.807, 2.05) is 54.6 Å². The Labute approximate surface area is 144 Å². The van der Waals surface area contributed by atoms with Gasteiger partial charge in [-0.2, -0.15) is 0 Å². The summed E-state index contributed by atoms with van der Waals surface area (Å²) in [7, 11) is 0. The highest BCUT2D eigenvalue weighted by Gasteiger charge is 2.18. The summed E-state index contributed by atoms with van der Waals surface area (Å²) in [6.45, 7) is 0. The molecule has 0 aliphatic heterocycles. The summed E-state index contributed by atoms with van der Waals surface area (Å²) in [5.41, 5.74) is 8.19. The molecule has 0 fully saturated rings. The molecule has 0 aliphatic rings. The number of hydrogen-bond acceptors (Lipinski definition) is 4. The number of hydrogen-bond donors (Lipinski definition) is 2. The Morgan fingerprint density at radius 3 is 2.32 bits per heavy atom. The SMILES string of the molecule is NC(=O)c1cc(Nc2ccccc2-c2ccccc2)ccc1[N+](=O)[O-]. The summed E-state index contributed by atoms with van der Waals surface area (Å²) >= 11 is 0. The van der Waals surface area contributed by atoms with E-state index in [0.29, 0.717) is 5.69 Å². The minimum absolute atomic E-state index is 0.132. The number of amides is 1. The summed E-state index contributed by atoms with van der Waals surface area (Å²) < 4.78 is 0. The lowest BCUT2D eigenvalue weighted by molar-refractivity contribution is -0.385. The topological polar surface area (TPSA) is 98.3 Å². The van der Waals surface area contributed by atoms with Gasteiger partial charge in [0.25, 0.3) is 11.6 Å². The molecule has 0 saturated carbocycles. The summed E-state index contributed by atoms with van der Waals surface area (Å²) in [6.07, 6.45) is 0. The molecular weight excluding hydrogens is 318 g/mol. The first kappa shape index (κ1) is 16.2. The Morgan fingerprint density at radius 1 is 0.960 bits per heavy atom. The number of carbonyl (C=O) groups excluding carboxylic acids is 1. The molecule has 124 valence electrons. The monoisotopic (exact) mass is 333 g/mol. The smallest absolute Gasteiger partial charge is 0.282 e. The quantitative estimate of drug-likeness (QED) is 0.542. The lowest BCUT2D eigenvalue weighted by Gasteiger charge is -2.13. The molecule has 0 saturated heterocycles. The third-order valence-corrected chi connectivity index (χ3v) is 3.75. The van der Waals surface area contributed by atoms with E-state index >= 15 is 0 Å². The zero-order valence-corrected chi connectivity index (χ0v) is 13.2. The standard InChI is InChI=1S/C19H15N3O3/c20-19(23)16-12-14(10-11-18(16)22(24)25)21-17-9-5-4-8-15(17)13-6-2-1-3-7-13/h1-12,21H,(H2,20,23). The molecule has 6 nitrogen and oxygen atoms in total. The number of nitrogens with two attached hydrogens (primary N) is 1. The van der Waals surface area contributed by atoms with Crippen LogP contribution in [-0.4, -0.2) is 10.8 Å². The second-order valence-electron chi connectivity index (χ2n) is 5.39. The number of primary amides is 1. The van der Waals surface area contributed by atoms with Gasteiger partial charge in [-0.15, -0.1) is 0 Å². The van der Waals surface area contributed by atoms with Gasteiger partial charge in [0.05, 0.1) is 4.92 Å². The molecular formula is C19H15N3O3. The van der Waals surface area contributed by atoms with Crippen LogP contribution >= 0.6 is 0 Å². The van der Waals surface area contributed by atoms with Crippen LogP contribution in [0.15, 0.2) is 72.8 Å². The number of nitrogens with one attached hydrogen (secondary N) is 1. The number of anilines is 2. The van der Waals surface area contributed by atoms with Crippen molar-refractivity contribution in [3.05, 3.63) is 88.5 Å². The average molecular weight is 333 g/mol. The third kappa shape index (κ3) is 3.48. The summed E-state index contributed by atoms with van der Waals surface area (Å²) in [6, 6.07) is 21.7. The van der Waals surface area contributed by atoms with Gasteiger partial charge in [0.1, 0.15) is 5.56 Å². The van der Waals surface area contributed by atoms with Gasteiger partial charge in [-0.05, 0) is 23.8 Å². The van der Waals surface area contributed by atoms with Gasteiger partial charge < -0.3 is 11.1 Å². The van der Waals surface area contributed by atoms with E-state index in [2.05, 4.69) is 5.32 Å². The number of rotatable bonds is 5. The van der Waals surface area contributed by atoms with Crippen LogP contribution in [0.2, 0.25) is 0 Å². The molecule has 3 rings (SSSR count). The van der Waals surface area contributed by atoms with Gasteiger partial charge in [0.15, 0.2) is 0 Å². The Balaban J connectivity index is 2.00. The second kappa shape index (κ2) is 6.84. The van der Waals surface area contributed by atoms with E-state index in [9.17, 15) is 14.9 Å². The highest BCUT2D eigenvalue weighted by atomic mass is 16.6. The molecule has 0 aliphatic carbocycles. The zero-order chi connectivity index (χ0) is 17.8. The number of nitro groups is 1. The van der Waals surface area contributed by atoms with E-state index in [4.69, 9.17) is 5.73 Å². The predicted molar refractivity (Wildman–Crippen MR) is 96.8 cm³/mol. The number of para-hydroxylation sites is 1. The zero-order valence-electron chi connectivity index (χ0n) is 13.2. The fraction of sp³-hybridized carbons (Fsp3) is 0. The van der Waals surface area contributed by atoms with Crippen molar-refractivity contribution < 1.29 is 9.72 Å². The Hall–Kier alpha value is -3.67. The van der Waals surface area contributed by atoms with E-state index < -0.39 is 10.8 Å². The largest absolute Gasteiger partial charge is 0.365 e. The van der Waals surface area contributed by atoms with Gasteiger partial charge in [0.2, 0.25) is 0 Å². The first-order valence-electron chi connectivity index (χ1n) is 7.56. The number of nitro benzene ring substituents is 1. The van der Waals surface area contributed by atoms with Gasteiger partial charge in [0, 0.05) is 23.0 Å². The molecule has 6 heteroatoms. The fourth-order valence-electron chi connectivity index (χ4n) is 2.59. The fourth-order valence-corrected chi connectivity index (χ4v) is 2.59. The van der Waals surface area contributed by atoms with Gasteiger partial charge >= 0.3 is 0 Å². The molecule has 3 aromatic rings. The van der Waals surface area contributed by atoms with Crippen molar-refractivity contribution in [2.45, 2.75) is 0 Å². The van der Waals surface area contributed by atoms with Gasteiger partial charge in [-0.1, -0.05) is 48.5 Å². The lowest BCUT2D eigenvalue weighted by Crippen LogP contribution is -2.13. The summed E-state index contributed by atoms with van der Waals surface area (Å²) in [4.78, 5) is 21.9. The first-order chi connectivity index (χ1) is 12.1. The summed E-state index contributed by atoms with van der Waals surface area (Å²) in [5.74, 6) is -0.841. The van der Waals surface area contributed by atoms with Crippen molar-refractivity contribution in [1.82, 2.24) is 0 Å². The Morgan fingerprint density at radius 2 is 1.64 bits per heavy atom. The van der Waals surface area contributed by atoms with E-state index in [0.717, 1.165) is 16.8 Å².